The monoisotopic (exact) mass is 404 g/mol. The summed E-state index contributed by atoms with van der Waals surface area (Å²) in [4.78, 5) is 11.3. The van der Waals surface area contributed by atoms with Crippen molar-refractivity contribution in [1.82, 2.24) is 0 Å². The lowest BCUT2D eigenvalue weighted by Gasteiger charge is -2.24. The van der Waals surface area contributed by atoms with Gasteiger partial charge in [-0.2, -0.15) is 0 Å². The first kappa shape index (κ1) is 20.8. The number of benzene rings is 1. The van der Waals surface area contributed by atoms with Crippen LogP contribution in [0.1, 0.15) is 56.9 Å². The third kappa shape index (κ3) is 5.57. The van der Waals surface area contributed by atoms with Gasteiger partial charge >= 0.3 is 5.97 Å². The minimum absolute atomic E-state index is 0.000729. The van der Waals surface area contributed by atoms with Crippen molar-refractivity contribution in [2.45, 2.75) is 94.6 Å². The average Bonchev–Trinajstić information content (AvgIpc) is 3.48. The highest BCUT2D eigenvalue weighted by molar-refractivity contribution is 5.71. The number of carbonyl (C=O) groups excluding carboxylic acids is 1. The van der Waals surface area contributed by atoms with Crippen molar-refractivity contribution in [3.63, 3.8) is 0 Å². The van der Waals surface area contributed by atoms with E-state index in [2.05, 4.69) is 0 Å². The van der Waals surface area contributed by atoms with E-state index in [9.17, 15) is 9.90 Å². The van der Waals surface area contributed by atoms with Gasteiger partial charge in [-0.1, -0.05) is 30.3 Å². The average molecular weight is 405 g/mol. The van der Waals surface area contributed by atoms with Crippen LogP contribution in [-0.4, -0.2) is 54.3 Å². The number of rotatable bonds is 9. The molecule has 1 aromatic carbocycles. The summed E-state index contributed by atoms with van der Waals surface area (Å²) in [5.74, 6) is -0.116. The number of carbonyl (C=O) groups is 1. The molecule has 1 N–H and O–H groups in total. The summed E-state index contributed by atoms with van der Waals surface area (Å²) < 4.78 is 23.3. The Hall–Kier alpha value is -1.47. The number of aliphatic hydroxyl groups is 1. The highest BCUT2D eigenvalue weighted by Crippen LogP contribution is 2.36. The highest BCUT2D eigenvalue weighted by Gasteiger charge is 2.43. The highest BCUT2D eigenvalue weighted by atomic mass is 16.6. The molecule has 0 radical (unpaired) electrons. The minimum atomic E-state index is -0.465. The maximum Gasteiger partial charge on any atom is 0.306 e. The Morgan fingerprint density at radius 3 is 2.45 bits per heavy atom. The van der Waals surface area contributed by atoms with Gasteiger partial charge in [-0.05, 0) is 50.5 Å². The summed E-state index contributed by atoms with van der Waals surface area (Å²) >= 11 is 0. The Bertz CT molecular complexity index is 650. The lowest BCUT2D eigenvalue weighted by Crippen LogP contribution is -2.33. The second kappa shape index (κ2) is 10.0. The fourth-order valence-electron chi connectivity index (χ4n) is 4.64. The molecule has 1 aromatic rings. The van der Waals surface area contributed by atoms with Crippen molar-refractivity contribution in [3.8, 4) is 0 Å². The molecule has 3 fully saturated rings. The normalized spacial score (nSPS) is 33.1. The van der Waals surface area contributed by atoms with Gasteiger partial charge in [0, 0.05) is 13.0 Å². The standard InChI is InChI=1S/C23H32O6/c24-17(7-4-14-26-15-16-5-2-1-3-6-16)18-8-9-19(27-18)20-10-11-21(28-20)22-12-13-23(25)29-22/h1-3,5-6,17-22,24H,4,7-15H2/t17-,18-,19-,20-,21-,22-/m0/s1. The second-order valence-electron chi connectivity index (χ2n) is 8.40. The molecule has 0 bridgehead atoms. The molecule has 0 aliphatic carbocycles. The van der Waals surface area contributed by atoms with Crippen molar-refractivity contribution in [1.29, 1.82) is 0 Å². The molecule has 0 amide bonds. The van der Waals surface area contributed by atoms with E-state index in [-0.39, 0.29) is 36.5 Å². The van der Waals surface area contributed by atoms with Crippen LogP contribution in [0.25, 0.3) is 0 Å². The SMILES string of the molecule is O=C1CC[C@@H]([C@@H]2CC[C@@H]([C@@H]3CC[C@@H]([C@@H](O)CCCOCc4ccccc4)O3)O2)O1. The smallest absolute Gasteiger partial charge is 0.306 e. The van der Waals surface area contributed by atoms with Gasteiger partial charge in [-0.25, -0.2) is 0 Å². The largest absolute Gasteiger partial charge is 0.460 e. The molecule has 0 saturated carbocycles. The van der Waals surface area contributed by atoms with Crippen molar-refractivity contribution < 1.29 is 28.8 Å². The fourth-order valence-corrected chi connectivity index (χ4v) is 4.64. The Labute approximate surface area is 172 Å². The molecule has 0 unspecified atom stereocenters. The number of ether oxygens (including phenoxy) is 4. The Morgan fingerprint density at radius 2 is 1.69 bits per heavy atom. The van der Waals surface area contributed by atoms with Crippen LogP contribution in [0, 0.1) is 0 Å². The van der Waals surface area contributed by atoms with E-state index in [1.807, 2.05) is 30.3 Å². The van der Waals surface area contributed by atoms with Crippen LogP contribution in [0.5, 0.6) is 0 Å². The first-order valence-electron chi connectivity index (χ1n) is 11.0. The fraction of sp³-hybridized carbons (Fsp3) is 0.696. The zero-order chi connectivity index (χ0) is 20.1. The van der Waals surface area contributed by atoms with Crippen LogP contribution < -0.4 is 0 Å². The predicted octanol–water partition coefficient (Wildman–Crippen LogP) is 3.15. The molecular formula is C23H32O6. The van der Waals surface area contributed by atoms with Crippen molar-refractivity contribution in [2.75, 3.05) is 6.61 Å². The van der Waals surface area contributed by atoms with Gasteiger partial charge in [-0.3, -0.25) is 4.79 Å². The lowest BCUT2D eigenvalue weighted by atomic mass is 10.0. The molecule has 3 saturated heterocycles. The summed E-state index contributed by atoms with van der Waals surface area (Å²) in [6.45, 7) is 1.24. The zero-order valence-electron chi connectivity index (χ0n) is 16.9. The van der Waals surface area contributed by atoms with Crippen LogP contribution in [0.15, 0.2) is 30.3 Å². The molecule has 29 heavy (non-hydrogen) atoms. The summed E-state index contributed by atoms with van der Waals surface area (Å²) in [5.41, 5.74) is 1.16. The zero-order valence-corrected chi connectivity index (χ0v) is 16.9. The number of hydrogen-bond donors (Lipinski definition) is 1. The first-order valence-corrected chi connectivity index (χ1v) is 11.0. The van der Waals surface area contributed by atoms with Crippen LogP contribution >= 0.6 is 0 Å². The van der Waals surface area contributed by atoms with Gasteiger partial charge in [0.2, 0.25) is 0 Å². The van der Waals surface area contributed by atoms with E-state index in [1.54, 1.807) is 0 Å². The van der Waals surface area contributed by atoms with E-state index in [1.165, 1.54) is 0 Å². The lowest BCUT2D eigenvalue weighted by molar-refractivity contribution is -0.149. The van der Waals surface area contributed by atoms with Crippen molar-refractivity contribution in [3.05, 3.63) is 35.9 Å². The van der Waals surface area contributed by atoms with Gasteiger partial charge in [-0.15, -0.1) is 0 Å². The summed E-state index contributed by atoms with van der Waals surface area (Å²) in [5, 5.41) is 10.5. The Kier molecular flexibility index (Phi) is 7.19. The molecule has 0 aromatic heterocycles. The summed E-state index contributed by atoms with van der Waals surface area (Å²) in [6, 6.07) is 10.1. The van der Waals surface area contributed by atoms with Gasteiger partial charge in [0.1, 0.15) is 6.10 Å². The van der Waals surface area contributed by atoms with E-state index in [0.717, 1.165) is 44.1 Å². The predicted molar refractivity (Wildman–Crippen MR) is 106 cm³/mol. The number of hydrogen-bond acceptors (Lipinski definition) is 6. The molecule has 160 valence electrons. The molecule has 6 nitrogen and oxygen atoms in total. The first-order chi connectivity index (χ1) is 14.2. The molecule has 3 aliphatic rings. The number of aliphatic hydroxyl groups excluding tert-OH is 1. The topological polar surface area (TPSA) is 74.2 Å². The molecule has 6 heteroatoms. The summed E-state index contributed by atoms with van der Waals surface area (Å²) in [7, 11) is 0. The van der Waals surface area contributed by atoms with Crippen molar-refractivity contribution >= 4 is 5.97 Å². The third-order valence-corrected chi connectivity index (χ3v) is 6.24. The molecule has 0 spiro atoms. The maximum atomic E-state index is 11.3. The molecule has 4 rings (SSSR count). The van der Waals surface area contributed by atoms with E-state index < -0.39 is 6.10 Å². The van der Waals surface area contributed by atoms with Gasteiger partial charge < -0.3 is 24.1 Å². The second-order valence-corrected chi connectivity index (χ2v) is 8.40. The minimum Gasteiger partial charge on any atom is -0.460 e. The van der Waals surface area contributed by atoms with E-state index in [0.29, 0.717) is 26.1 Å². The van der Waals surface area contributed by atoms with Crippen molar-refractivity contribution in [2.24, 2.45) is 0 Å². The number of esters is 1. The quantitative estimate of drug-likeness (QED) is 0.503. The molecule has 3 heterocycles. The van der Waals surface area contributed by atoms with Crippen LogP contribution in [-0.2, 0) is 30.3 Å². The Morgan fingerprint density at radius 1 is 0.966 bits per heavy atom. The van der Waals surface area contributed by atoms with Gasteiger partial charge in [0.15, 0.2) is 0 Å². The van der Waals surface area contributed by atoms with E-state index >= 15 is 0 Å². The van der Waals surface area contributed by atoms with Crippen LogP contribution in [0.2, 0.25) is 0 Å². The van der Waals surface area contributed by atoms with Gasteiger partial charge in [0.25, 0.3) is 0 Å². The molecule has 3 aliphatic heterocycles. The Balaban J connectivity index is 1.12. The number of cyclic esters (lactones) is 1. The molecule has 6 atom stereocenters. The van der Waals surface area contributed by atoms with Crippen LogP contribution in [0.4, 0.5) is 0 Å². The van der Waals surface area contributed by atoms with Gasteiger partial charge in [0.05, 0.1) is 37.1 Å². The summed E-state index contributed by atoms with van der Waals surface area (Å²) in [6.07, 6.45) is 5.76. The third-order valence-electron chi connectivity index (χ3n) is 6.24. The van der Waals surface area contributed by atoms with E-state index in [4.69, 9.17) is 18.9 Å². The van der Waals surface area contributed by atoms with Crippen LogP contribution in [0.3, 0.4) is 0 Å². The maximum absolute atomic E-state index is 11.3. The molecular weight excluding hydrogens is 372 g/mol.